The van der Waals surface area contributed by atoms with E-state index in [1.54, 1.807) is 12.1 Å². The van der Waals surface area contributed by atoms with Crippen molar-refractivity contribution in [2.24, 2.45) is 0 Å². The molecule has 0 unspecified atom stereocenters. The van der Waals surface area contributed by atoms with Crippen LogP contribution in [0.2, 0.25) is 0 Å². The molecule has 1 heterocycles. The van der Waals surface area contributed by atoms with Gasteiger partial charge >= 0.3 is 5.63 Å². The summed E-state index contributed by atoms with van der Waals surface area (Å²) in [6, 6.07) is 14.3. The van der Waals surface area contributed by atoms with Crippen LogP contribution in [0.15, 0.2) is 57.7 Å². The van der Waals surface area contributed by atoms with Crippen molar-refractivity contribution in [1.29, 1.82) is 0 Å². The molecule has 5 nitrogen and oxygen atoms in total. The molecule has 1 aromatic heterocycles. The fraction of sp³-hybridized carbons (Fsp3) is 0.238. The van der Waals surface area contributed by atoms with Crippen LogP contribution in [0.5, 0.6) is 5.75 Å². The van der Waals surface area contributed by atoms with Gasteiger partial charge in [0.15, 0.2) is 6.61 Å². The molecule has 3 rings (SSSR count). The van der Waals surface area contributed by atoms with E-state index in [2.05, 4.69) is 12.2 Å². The maximum atomic E-state index is 12.0. The van der Waals surface area contributed by atoms with E-state index in [1.807, 2.05) is 37.3 Å². The highest BCUT2D eigenvalue weighted by atomic mass is 16.5. The van der Waals surface area contributed by atoms with Crippen molar-refractivity contribution in [2.75, 3.05) is 11.9 Å². The van der Waals surface area contributed by atoms with Crippen molar-refractivity contribution >= 4 is 22.6 Å². The molecule has 1 N–H and O–H groups in total. The van der Waals surface area contributed by atoms with Crippen molar-refractivity contribution in [3.05, 3.63) is 70.1 Å². The molecular formula is C21H21NO4. The molecule has 2 aromatic carbocycles. The van der Waals surface area contributed by atoms with E-state index >= 15 is 0 Å². The van der Waals surface area contributed by atoms with Gasteiger partial charge in [-0.05, 0) is 43.2 Å². The van der Waals surface area contributed by atoms with Gasteiger partial charge in [-0.1, -0.05) is 31.0 Å². The largest absolute Gasteiger partial charge is 0.484 e. The van der Waals surface area contributed by atoms with Gasteiger partial charge in [-0.2, -0.15) is 0 Å². The van der Waals surface area contributed by atoms with E-state index in [0.717, 1.165) is 35.0 Å². The first-order valence-corrected chi connectivity index (χ1v) is 8.61. The Balaban J connectivity index is 1.69. The Morgan fingerprint density at radius 2 is 1.88 bits per heavy atom. The maximum Gasteiger partial charge on any atom is 0.336 e. The number of ether oxygens (including phenoxy) is 1. The second-order valence-corrected chi connectivity index (χ2v) is 6.20. The average molecular weight is 351 g/mol. The molecule has 0 bridgehead atoms. The van der Waals surface area contributed by atoms with Crippen LogP contribution in [-0.2, 0) is 11.2 Å². The molecule has 134 valence electrons. The van der Waals surface area contributed by atoms with Crippen LogP contribution in [0.3, 0.4) is 0 Å². The third-order valence-corrected chi connectivity index (χ3v) is 4.03. The Kier molecular flexibility index (Phi) is 5.37. The van der Waals surface area contributed by atoms with E-state index in [0.29, 0.717) is 11.3 Å². The smallest absolute Gasteiger partial charge is 0.336 e. The van der Waals surface area contributed by atoms with Gasteiger partial charge in [0, 0.05) is 23.2 Å². The molecule has 0 saturated heterocycles. The molecule has 0 aliphatic carbocycles. The summed E-state index contributed by atoms with van der Waals surface area (Å²) in [5.74, 6) is 0.225. The lowest BCUT2D eigenvalue weighted by Crippen LogP contribution is -2.20. The summed E-state index contributed by atoms with van der Waals surface area (Å²) < 4.78 is 10.8. The Morgan fingerprint density at radius 3 is 2.62 bits per heavy atom. The number of hydrogen-bond donors (Lipinski definition) is 1. The van der Waals surface area contributed by atoms with Crippen LogP contribution in [0.1, 0.15) is 24.5 Å². The van der Waals surface area contributed by atoms with Crippen LogP contribution >= 0.6 is 0 Å². The zero-order chi connectivity index (χ0) is 18.5. The first-order chi connectivity index (χ1) is 12.5. The van der Waals surface area contributed by atoms with Crippen molar-refractivity contribution in [3.63, 3.8) is 0 Å². The van der Waals surface area contributed by atoms with Crippen LogP contribution in [0, 0.1) is 6.92 Å². The van der Waals surface area contributed by atoms with Crippen LogP contribution in [-0.4, -0.2) is 12.5 Å². The minimum Gasteiger partial charge on any atom is -0.484 e. The highest BCUT2D eigenvalue weighted by molar-refractivity contribution is 5.92. The molecule has 0 aliphatic rings. The van der Waals surface area contributed by atoms with E-state index in [1.165, 1.54) is 6.07 Å². The lowest BCUT2D eigenvalue weighted by molar-refractivity contribution is -0.118. The number of aryl methyl sites for hydroxylation is 2. The number of anilines is 1. The lowest BCUT2D eigenvalue weighted by Gasteiger charge is -2.09. The summed E-state index contributed by atoms with van der Waals surface area (Å²) in [5.41, 5.74) is 2.90. The Hall–Kier alpha value is -3.08. The summed E-state index contributed by atoms with van der Waals surface area (Å²) in [5, 5.41) is 3.67. The second kappa shape index (κ2) is 7.87. The lowest BCUT2D eigenvalue weighted by atomic mass is 10.1. The molecule has 5 heteroatoms. The maximum absolute atomic E-state index is 12.0. The third-order valence-electron chi connectivity index (χ3n) is 4.03. The van der Waals surface area contributed by atoms with Gasteiger partial charge in [-0.3, -0.25) is 4.79 Å². The standard InChI is InChI=1S/C21H21NO4/c1-3-4-15-11-21(24)26-19-12-17(9-10-18(15)19)25-13-20(23)22-16-7-5-14(2)6-8-16/h5-12H,3-4,13H2,1-2H3,(H,22,23). The first-order valence-electron chi connectivity index (χ1n) is 8.61. The zero-order valence-corrected chi connectivity index (χ0v) is 14.9. The molecule has 0 fully saturated rings. The van der Waals surface area contributed by atoms with Crippen LogP contribution in [0.25, 0.3) is 11.0 Å². The molecule has 26 heavy (non-hydrogen) atoms. The normalized spacial score (nSPS) is 10.7. The number of benzene rings is 2. The molecule has 0 saturated carbocycles. The van der Waals surface area contributed by atoms with Crippen LogP contribution in [0.4, 0.5) is 5.69 Å². The summed E-state index contributed by atoms with van der Waals surface area (Å²) in [6.07, 6.45) is 1.75. The van der Waals surface area contributed by atoms with Gasteiger partial charge in [-0.25, -0.2) is 4.79 Å². The highest BCUT2D eigenvalue weighted by Crippen LogP contribution is 2.23. The SMILES string of the molecule is CCCc1cc(=O)oc2cc(OCC(=O)Nc3ccc(C)cc3)ccc12. The monoisotopic (exact) mass is 351 g/mol. The summed E-state index contributed by atoms with van der Waals surface area (Å²) >= 11 is 0. The van der Waals surface area contributed by atoms with E-state index in [4.69, 9.17) is 9.15 Å². The number of fused-ring (bicyclic) bond motifs is 1. The highest BCUT2D eigenvalue weighted by Gasteiger charge is 2.08. The third kappa shape index (κ3) is 4.30. The molecule has 0 aliphatic heterocycles. The Morgan fingerprint density at radius 1 is 1.12 bits per heavy atom. The Bertz CT molecular complexity index is 973. The van der Waals surface area contributed by atoms with Gasteiger partial charge in [0.05, 0.1) is 0 Å². The summed E-state index contributed by atoms with van der Waals surface area (Å²) in [6.45, 7) is 3.92. The van der Waals surface area contributed by atoms with Crippen molar-refractivity contribution in [1.82, 2.24) is 0 Å². The van der Waals surface area contributed by atoms with Gasteiger partial charge in [-0.15, -0.1) is 0 Å². The second-order valence-electron chi connectivity index (χ2n) is 6.20. The van der Waals surface area contributed by atoms with Crippen molar-refractivity contribution in [3.8, 4) is 5.75 Å². The van der Waals surface area contributed by atoms with Gasteiger partial charge in [0.25, 0.3) is 5.91 Å². The number of carbonyl (C=O) groups is 1. The topological polar surface area (TPSA) is 68.5 Å². The first kappa shape index (κ1) is 17.7. The van der Waals surface area contributed by atoms with Gasteiger partial charge in [0.2, 0.25) is 0 Å². The van der Waals surface area contributed by atoms with Crippen molar-refractivity contribution < 1.29 is 13.9 Å². The van der Waals surface area contributed by atoms with Gasteiger partial charge in [0.1, 0.15) is 11.3 Å². The van der Waals surface area contributed by atoms with E-state index in [9.17, 15) is 9.59 Å². The van der Waals surface area contributed by atoms with Gasteiger partial charge < -0.3 is 14.5 Å². The van der Waals surface area contributed by atoms with Crippen LogP contribution < -0.4 is 15.7 Å². The number of carbonyl (C=O) groups excluding carboxylic acids is 1. The molecule has 0 atom stereocenters. The molecule has 1 amide bonds. The van der Waals surface area contributed by atoms with E-state index < -0.39 is 0 Å². The minimum absolute atomic E-state index is 0.127. The fourth-order valence-electron chi connectivity index (χ4n) is 2.76. The molecule has 3 aromatic rings. The fourth-order valence-corrected chi connectivity index (χ4v) is 2.76. The van der Waals surface area contributed by atoms with Crippen molar-refractivity contribution in [2.45, 2.75) is 26.7 Å². The zero-order valence-electron chi connectivity index (χ0n) is 14.9. The number of hydrogen-bond acceptors (Lipinski definition) is 4. The predicted octanol–water partition coefficient (Wildman–Crippen LogP) is 4.07. The quantitative estimate of drug-likeness (QED) is 0.680. The number of nitrogens with one attached hydrogen (secondary N) is 1. The average Bonchev–Trinajstić information content (AvgIpc) is 2.62. The summed E-state index contributed by atoms with van der Waals surface area (Å²) in [4.78, 5) is 23.7. The molecule has 0 spiro atoms. The number of amides is 1. The molecular weight excluding hydrogens is 330 g/mol. The van der Waals surface area contributed by atoms with E-state index in [-0.39, 0.29) is 18.1 Å². The Labute approximate surface area is 151 Å². The number of rotatable bonds is 6. The predicted molar refractivity (Wildman–Crippen MR) is 102 cm³/mol. The summed E-state index contributed by atoms with van der Waals surface area (Å²) in [7, 11) is 0. The molecule has 0 radical (unpaired) electrons. The minimum atomic E-state index is -0.379.